The fraction of sp³-hybridized carbons (Fsp3) is 0.909. The lowest BCUT2D eigenvalue weighted by atomic mass is 10.1. The minimum atomic E-state index is -0.703. The van der Waals surface area contributed by atoms with Gasteiger partial charge in [-0.1, -0.05) is 407 Å². The van der Waals surface area contributed by atoms with Crippen LogP contribution in [0.2, 0.25) is 0 Å². The highest BCUT2D eigenvalue weighted by molar-refractivity contribution is 5.69. The molecule has 1 heterocycles. The van der Waals surface area contributed by atoms with Crippen LogP contribution in [0.4, 0.5) is 0 Å². The van der Waals surface area contributed by atoms with Gasteiger partial charge in [-0.2, -0.15) is 0 Å². The molecule has 130 heavy (non-hydrogen) atoms. The van der Waals surface area contributed by atoms with E-state index in [0.29, 0.717) is 71.6 Å². The number of hydrogen-bond acceptors (Lipinski definition) is 18. The van der Waals surface area contributed by atoms with Gasteiger partial charge >= 0.3 is 23.9 Å². The summed E-state index contributed by atoms with van der Waals surface area (Å²) in [6, 6.07) is 0. The summed E-state index contributed by atoms with van der Waals surface area (Å²) in [5, 5.41) is 59.4. The molecule has 778 valence electrons. The van der Waals surface area contributed by atoms with Crippen LogP contribution in [0.5, 0.6) is 0 Å². The summed E-state index contributed by atoms with van der Waals surface area (Å²) < 4.78 is 15.6. The molecule has 20 heteroatoms. The highest BCUT2D eigenvalue weighted by Gasteiger charge is 2.27. The number of rotatable bonds is 92. The minimum absolute atomic E-state index is 0.0402. The molecule has 2 unspecified atom stereocenters. The van der Waals surface area contributed by atoms with Crippen molar-refractivity contribution in [2.45, 2.75) is 600 Å². The minimum Gasteiger partial charge on any atom is -0.481 e. The normalized spacial score (nSPS) is 12.2. The van der Waals surface area contributed by atoms with Crippen molar-refractivity contribution in [3.8, 4) is 0 Å². The number of carboxylic acid groups (broad SMARTS) is 2. The number of aliphatic carboxylic acids is 2. The monoisotopic (exact) mass is 1860 g/mol. The Labute approximate surface area is 801 Å². The van der Waals surface area contributed by atoms with Gasteiger partial charge in [0.1, 0.15) is 25.1 Å². The summed E-state index contributed by atoms with van der Waals surface area (Å²) in [5.41, 5.74) is 0. The molecule has 1 aliphatic heterocycles. The van der Waals surface area contributed by atoms with Crippen LogP contribution in [0.15, 0.2) is 12.2 Å². The summed E-state index contributed by atoms with van der Waals surface area (Å²) in [6.45, 7) is 15.5. The maximum atomic E-state index is 11.6. The third kappa shape index (κ3) is 161. The van der Waals surface area contributed by atoms with Gasteiger partial charge in [0.2, 0.25) is 0 Å². The van der Waals surface area contributed by atoms with Gasteiger partial charge in [0.15, 0.2) is 12.6 Å². The molecular weight excluding hydrogens is 1640 g/mol. The Morgan fingerprint density at radius 1 is 0.238 bits per heavy atom. The zero-order valence-electron chi connectivity index (χ0n) is 86.4. The number of allylic oxidation sites excluding steroid dienone is 2. The Morgan fingerprint density at radius 2 is 0.431 bits per heavy atom. The standard InChI is InChI=1S/C20H38O4.C18H36O4.C18H36O.C9H18O3.3C9H18O2.2C9H18O/c1-3-4-5-6-7-11-14-17-20(22)24-18-15-12-9-8-10-13-16-19(21)23-2;1-2-3-4-5-8-11-14-17-20-18(22-21-17)15-12-9-6-7-10-13-16-19;1-2-3-4-5-6-7-8-9-10-11-12-13-14-15-16-17-18-19;10-8-6-4-2-1-3-5-7-9(11)12;1-2-3-4-5-6-7-8-9(10)11;2*10-8-6-4-2-1-3-5-7-9-11;2*1-2-3-4-5-6-7-8-9-10/h3-18H2,1-2H3;17-19H,2-16H2,1H3;9-10,19H,2-8,11-18H2,1H3;10H,1-8H2,(H,11,12);2-8H2,1H3,(H,10,11);2*8,11H,1-7,9H2;2*9H,2-8H2,1H3/b;;10-9+;;;;;;. The SMILES string of the molecule is CCCCCCCC/C=C/CCCCCCCCO.CCCCCCCCC(=O)O.CCCCCCCCC1OOC(CCCCCCCCO)O1.CCCCCCCCC=O.CCCCCCCCC=O.CCCCCCCCCC(=O)OCCCCCCCCC(=O)OC.O=C(O)CCCCCCCCO.O=CCCCCCCCCO.O=CCCCCCCCCO. The van der Waals surface area contributed by atoms with E-state index in [0.717, 1.165) is 250 Å². The predicted molar refractivity (Wildman–Crippen MR) is 544 cm³/mol. The first kappa shape index (κ1) is 141. The van der Waals surface area contributed by atoms with Gasteiger partial charge in [-0.15, -0.1) is 0 Å². The fourth-order valence-corrected chi connectivity index (χ4v) is 14.1. The number of unbranched alkanes of at least 4 members (excludes halogenated alkanes) is 67. The van der Waals surface area contributed by atoms with Crippen molar-refractivity contribution < 1.29 is 98.1 Å². The number of aliphatic hydroxyl groups is 5. The number of carboxylic acids is 2. The van der Waals surface area contributed by atoms with Crippen molar-refractivity contribution in [3.63, 3.8) is 0 Å². The molecule has 0 aromatic carbocycles. The maximum absolute atomic E-state index is 11.6. The molecule has 0 aliphatic carbocycles. The second kappa shape index (κ2) is 143. The summed E-state index contributed by atoms with van der Waals surface area (Å²) >= 11 is 0. The lowest BCUT2D eigenvalue weighted by Crippen LogP contribution is -2.11. The first-order chi connectivity index (χ1) is 63.7. The zero-order chi connectivity index (χ0) is 97.6. The van der Waals surface area contributed by atoms with Gasteiger partial charge < -0.3 is 69.1 Å². The summed E-state index contributed by atoms with van der Waals surface area (Å²) in [7, 11) is 1.43. The van der Waals surface area contributed by atoms with E-state index in [2.05, 4.69) is 58.4 Å². The first-order valence-corrected chi connectivity index (χ1v) is 54.8. The number of aliphatic hydroxyl groups excluding tert-OH is 5. The van der Waals surface area contributed by atoms with Crippen LogP contribution >= 0.6 is 0 Å². The van der Waals surface area contributed by atoms with Crippen LogP contribution in [0.1, 0.15) is 587 Å². The quantitative estimate of drug-likeness (QED) is 0.00978. The lowest BCUT2D eigenvalue weighted by Gasteiger charge is -2.08. The fourth-order valence-electron chi connectivity index (χ4n) is 14.1. The van der Waals surface area contributed by atoms with E-state index in [1.807, 2.05) is 0 Å². The summed E-state index contributed by atoms with van der Waals surface area (Å²) in [5.74, 6) is -1.53. The number of ether oxygens (including phenoxy) is 3. The van der Waals surface area contributed by atoms with Gasteiger partial charge in [0.25, 0.3) is 0 Å². The van der Waals surface area contributed by atoms with Crippen LogP contribution in [0.3, 0.4) is 0 Å². The first-order valence-electron chi connectivity index (χ1n) is 54.8. The average Bonchev–Trinajstić information content (AvgIpc) is 1.78. The third-order valence-electron chi connectivity index (χ3n) is 22.5. The van der Waals surface area contributed by atoms with E-state index in [4.69, 9.17) is 55.0 Å². The smallest absolute Gasteiger partial charge is 0.305 e. The van der Waals surface area contributed by atoms with Gasteiger partial charge in [0, 0.05) is 97.2 Å². The van der Waals surface area contributed by atoms with E-state index < -0.39 is 11.9 Å². The Bertz CT molecular complexity index is 2060. The lowest BCUT2D eigenvalue weighted by molar-refractivity contribution is -0.298. The van der Waals surface area contributed by atoms with E-state index in [-0.39, 0.29) is 31.1 Å². The van der Waals surface area contributed by atoms with Crippen LogP contribution in [0.25, 0.3) is 0 Å². The van der Waals surface area contributed by atoms with Crippen molar-refractivity contribution in [1.29, 1.82) is 0 Å². The molecule has 1 rings (SSSR count). The number of carbonyl (C=O) groups is 8. The largest absolute Gasteiger partial charge is 0.481 e. The summed E-state index contributed by atoms with van der Waals surface area (Å²) in [6.07, 6.45) is 104. The molecule has 1 fully saturated rings. The van der Waals surface area contributed by atoms with E-state index in [1.54, 1.807) is 0 Å². The molecule has 1 aliphatic rings. The second-order valence-corrected chi connectivity index (χ2v) is 35.5. The summed E-state index contributed by atoms with van der Waals surface area (Å²) in [4.78, 5) is 92.8. The Morgan fingerprint density at radius 3 is 0.654 bits per heavy atom. The third-order valence-corrected chi connectivity index (χ3v) is 22.5. The average molecular weight is 1860 g/mol. The topological polar surface area (TPSA) is 324 Å². The molecule has 0 amide bonds. The van der Waals surface area contributed by atoms with E-state index in [1.165, 1.54) is 290 Å². The molecule has 0 bridgehead atoms. The second-order valence-electron chi connectivity index (χ2n) is 35.5. The Kier molecular flexibility index (Phi) is 155. The van der Waals surface area contributed by atoms with Crippen molar-refractivity contribution in [1.82, 2.24) is 0 Å². The molecule has 0 saturated carbocycles. The Hall–Kier alpha value is -4.02. The molecule has 0 aromatic heterocycles. The van der Waals surface area contributed by atoms with Crippen molar-refractivity contribution in [2.75, 3.05) is 46.8 Å². The van der Waals surface area contributed by atoms with Crippen molar-refractivity contribution in [3.05, 3.63) is 12.2 Å². The Balaban J connectivity index is -0.000000219. The number of hydrogen-bond donors (Lipinski definition) is 7. The molecule has 0 spiro atoms. The van der Waals surface area contributed by atoms with E-state index in [9.17, 15) is 38.4 Å². The molecular formula is C110H218O20. The van der Waals surface area contributed by atoms with Gasteiger partial charge in [-0.25, -0.2) is 9.78 Å². The van der Waals surface area contributed by atoms with Crippen molar-refractivity contribution >= 4 is 49.0 Å². The van der Waals surface area contributed by atoms with Crippen LogP contribution in [0, 0.1) is 0 Å². The van der Waals surface area contributed by atoms with Gasteiger partial charge in [0.05, 0.1) is 13.7 Å². The number of esters is 2. The van der Waals surface area contributed by atoms with Gasteiger partial charge in [-0.3, -0.25) is 19.2 Å². The molecule has 0 aromatic rings. The molecule has 1 saturated heterocycles. The van der Waals surface area contributed by atoms with Crippen LogP contribution < -0.4 is 0 Å². The molecule has 20 nitrogen and oxygen atoms in total. The molecule has 7 N–H and O–H groups in total. The molecule has 0 radical (unpaired) electrons. The number of aldehydes is 4. The van der Waals surface area contributed by atoms with E-state index >= 15 is 0 Å². The van der Waals surface area contributed by atoms with Gasteiger partial charge in [-0.05, 0) is 128 Å². The molecule has 2 atom stereocenters. The highest BCUT2D eigenvalue weighted by atomic mass is 17.3. The number of methoxy groups -OCH3 is 1. The predicted octanol–water partition coefficient (Wildman–Crippen LogP) is 31.0. The maximum Gasteiger partial charge on any atom is 0.305 e. The number of carbonyl (C=O) groups excluding carboxylic acids is 6. The van der Waals surface area contributed by atoms with Crippen LogP contribution in [-0.2, 0) is 62.3 Å². The zero-order valence-corrected chi connectivity index (χ0v) is 86.4. The van der Waals surface area contributed by atoms with Crippen molar-refractivity contribution in [2.24, 2.45) is 0 Å². The highest BCUT2D eigenvalue weighted by Crippen LogP contribution is 2.24. The van der Waals surface area contributed by atoms with Crippen LogP contribution in [-0.4, -0.2) is 144 Å².